The van der Waals surface area contributed by atoms with E-state index in [1.165, 1.54) is 22.0 Å². The number of nitrogens with zero attached hydrogens (tertiary/aromatic N) is 2. The van der Waals surface area contributed by atoms with Gasteiger partial charge in [-0.25, -0.2) is 0 Å². The Morgan fingerprint density at radius 3 is 2.63 bits per heavy atom. The van der Waals surface area contributed by atoms with Gasteiger partial charge in [-0.2, -0.15) is 0 Å². The third-order valence-electron chi connectivity index (χ3n) is 3.47. The number of rotatable bonds is 2. The average Bonchev–Trinajstić information content (AvgIpc) is 2.78. The van der Waals surface area contributed by atoms with Gasteiger partial charge in [0.2, 0.25) is 0 Å². The van der Waals surface area contributed by atoms with Crippen LogP contribution in [0.15, 0.2) is 30.6 Å². The maximum atomic E-state index is 5.54. The highest BCUT2D eigenvalue weighted by atomic mass is 14.8. The van der Waals surface area contributed by atoms with Gasteiger partial charge in [0.25, 0.3) is 0 Å². The van der Waals surface area contributed by atoms with Gasteiger partial charge < -0.3 is 10.7 Å². The largest absolute Gasteiger partial charge is 0.353 e. The van der Waals surface area contributed by atoms with Crippen molar-refractivity contribution in [2.75, 3.05) is 0 Å². The summed E-state index contributed by atoms with van der Waals surface area (Å²) in [5.74, 6) is 0. The van der Waals surface area contributed by atoms with Gasteiger partial charge in [0.1, 0.15) is 5.69 Å². The molecule has 0 radical (unpaired) electrons. The second-order valence-corrected chi connectivity index (χ2v) is 4.72. The highest BCUT2D eigenvalue weighted by Gasteiger charge is 2.11. The van der Waals surface area contributed by atoms with Crippen molar-refractivity contribution >= 4 is 10.9 Å². The van der Waals surface area contributed by atoms with Crippen LogP contribution in [-0.4, -0.2) is 15.0 Å². The van der Waals surface area contributed by atoms with Crippen molar-refractivity contribution in [1.82, 2.24) is 15.0 Å². The first-order chi connectivity index (χ1) is 9.20. The van der Waals surface area contributed by atoms with E-state index in [9.17, 15) is 0 Å². The third kappa shape index (κ3) is 1.90. The third-order valence-corrected chi connectivity index (χ3v) is 3.47. The standard InChI is InChI=1S/C15H16N4/c1-9-4-3-5-12-10(2)15(19-14(9)12)13-8-17-11(6-16)7-18-13/h3-5,7-8,19H,6,16H2,1-2H3. The van der Waals surface area contributed by atoms with E-state index in [1.54, 1.807) is 12.4 Å². The molecule has 4 nitrogen and oxygen atoms in total. The minimum Gasteiger partial charge on any atom is -0.353 e. The molecule has 0 saturated heterocycles. The van der Waals surface area contributed by atoms with Crippen LogP contribution in [0, 0.1) is 13.8 Å². The van der Waals surface area contributed by atoms with E-state index in [0.717, 1.165) is 17.1 Å². The van der Waals surface area contributed by atoms with E-state index in [0.29, 0.717) is 6.54 Å². The molecule has 1 aromatic carbocycles. The van der Waals surface area contributed by atoms with Crippen LogP contribution in [0.3, 0.4) is 0 Å². The fraction of sp³-hybridized carbons (Fsp3) is 0.200. The van der Waals surface area contributed by atoms with E-state index in [4.69, 9.17) is 5.73 Å². The van der Waals surface area contributed by atoms with E-state index < -0.39 is 0 Å². The molecule has 0 unspecified atom stereocenters. The van der Waals surface area contributed by atoms with E-state index >= 15 is 0 Å². The molecule has 3 rings (SSSR count). The molecule has 0 amide bonds. The monoisotopic (exact) mass is 252 g/mol. The topological polar surface area (TPSA) is 67.6 Å². The van der Waals surface area contributed by atoms with Crippen LogP contribution < -0.4 is 5.73 Å². The zero-order chi connectivity index (χ0) is 13.4. The normalized spacial score (nSPS) is 11.1. The van der Waals surface area contributed by atoms with E-state index in [2.05, 4.69) is 47.0 Å². The summed E-state index contributed by atoms with van der Waals surface area (Å²) in [5, 5.41) is 1.24. The number of nitrogens with one attached hydrogen (secondary N) is 1. The molecule has 0 aliphatic carbocycles. The Kier molecular flexibility index (Phi) is 2.80. The lowest BCUT2D eigenvalue weighted by atomic mass is 10.1. The van der Waals surface area contributed by atoms with Gasteiger partial charge in [0, 0.05) is 17.4 Å². The molecule has 0 bridgehead atoms. The van der Waals surface area contributed by atoms with Crippen LogP contribution in [0.1, 0.15) is 16.8 Å². The molecule has 0 atom stereocenters. The SMILES string of the molecule is Cc1c(-c2cnc(CN)cn2)[nH]c2c(C)cccc12. The molecule has 0 aliphatic heterocycles. The first kappa shape index (κ1) is 11.9. The average molecular weight is 252 g/mol. The van der Waals surface area contributed by atoms with E-state index in [-0.39, 0.29) is 0 Å². The fourth-order valence-corrected chi connectivity index (χ4v) is 2.35. The fourth-order valence-electron chi connectivity index (χ4n) is 2.35. The number of aromatic amines is 1. The quantitative estimate of drug-likeness (QED) is 0.736. The van der Waals surface area contributed by atoms with Crippen molar-refractivity contribution in [1.29, 1.82) is 0 Å². The molecule has 19 heavy (non-hydrogen) atoms. The first-order valence-corrected chi connectivity index (χ1v) is 6.30. The summed E-state index contributed by atoms with van der Waals surface area (Å²) in [7, 11) is 0. The van der Waals surface area contributed by atoms with Gasteiger partial charge in [-0.1, -0.05) is 18.2 Å². The molecule has 2 heterocycles. The molecule has 3 aromatic rings. The summed E-state index contributed by atoms with van der Waals surface area (Å²) in [6, 6.07) is 6.30. The molecular formula is C15H16N4. The molecule has 96 valence electrons. The molecule has 2 aromatic heterocycles. The summed E-state index contributed by atoms with van der Waals surface area (Å²) in [4.78, 5) is 12.2. The van der Waals surface area contributed by atoms with Gasteiger partial charge >= 0.3 is 0 Å². The summed E-state index contributed by atoms with van der Waals surface area (Å²) < 4.78 is 0. The lowest BCUT2D eigenvalue weighted by Gasteiger charge is -2.00. The summed E-state index contributed by atoms with van der Waals surface area (Å²) in [5.41, 5.74) is 11.8. The highest BCUT2D eigenvalue weighted by Crippen LogP contribution is 2.29. The maximum absolute atomic E-state index is 5.54. The Bertz CT molecular complexity index is 726. The molecule has 3 N–H and O–H groups in total. The van der Waals surface area contributed by atoms with Gasteiger partial charge in [-0.15, -0.1) is 0 Å². The van der Waals surface area contributed by atoms with Crippen molar-refractivity contribution in [3.8, 4) is 11.4 Å². The summed E-state index contributed by atoms with van der Waals surface area (Å²) in [6.07, 6.45) is 3.50. The summed E-state index contributed by atoms with van der Waals surface area (Å²) >= 11 is 0. The molecule has 4 heteroatoms. The van der Waals surface area contributed by atoms with Crippen molar-refractivity contribution < 1.29 is 0 Å². The Morgan fingerprint density at radius 1 is 1.16 bits per heavy atom. The van der Waals surface area contributed by atoms with Crippen LogP contribution in [-0.2, 0) is 6.54 Å². The van der Waals surface area contributed by atoms with Crippen molar-refractivity contribution in [2.24, 2.45) is 5.73 Å². The minimum atomic E-state index is 0.415. The second kappa shape index (κ2) is 4.48. The number of hydrogen-bond acceptors (Lipinski definition) is 3. The Balaban J connectivity index is 2.19. The van der Waals surface area contributed by atoms with E-state index in [1.807, 2.05) is 0 Å². The van der Waals surface area contributed by atoms with Crippen LogP contribution >= 0.6 is 0 Å². The van der Waals surface area contributed by atoms with Crippen LogP contribution in [0.4, 0.5) is 0 Å². The number of aryl methyl sites for hydroxylation is 2. The number of aromatic nitrogens is 3. The molecule has 0 spiro atoms. The number of nitrogens with two attached hydrogens (primary N) is 1. The molecule has 0 aliphatic rings. The Labute approximate surface area is 111 Å². The predicted octanol–water partition coefficient (Wildman–Crippen LogP) is 2.70. The maximum Gasteiger partial charge on any atom is 0.105 e. The predicted molar refractivity (Wildman–Crippen MR) is 76.7 cm³/mol. The first-order valence-electron chi connectivity index (χ1n) is 6.30. The lowest BCUT2D eigenvalue weighted by molar-refractivity contribution is 0.964. The molecule has 0 saturated carbocycles. The lowest BCUT2D eigenvalue weighted by Crippen LogP contribution is -2.00. The number of fused-ring (bicyclic) bond motifs is 1. The summed E-state index contributed by atoms with van der Waals surface area (Å²) in [6.45, 7) is 4.62. The van der Waals surface area contributed by atoms with Crippen LogP contribution in [0.25, 0.3) is 22.3 Å². The van der Waals surface area contributed by atoms with Crippen LogP contribution in [0.5, 0.6) is 0 Å². The number of H-pyrrole nitrogens is 1. The molecular weight excluding hydrogens is 236 g/mol. The van der Waals surface area contributed by atoms with Gasteiger partial charge in [0.15, 0.2) is 0 Å². The number of benzene rings is 1. The minimum absolute atomic E-state index is 0.415. The zero-order valence-corrected chi connectivity index (χ0v) is 11.1. The van der Waals surface area contributed by atoms with Gasteiger partial charge in [-0.05, 0) is 25.0 Å². The molecule has 0 fully saturated rings. The Hall–Kier alpha value is -2.20. The van der Waals surface area contributed by atoms with Crippen LogP contribution in [0.2, 0.25) is 0 Å². The van der Waals surface area contributed by atoms with Crippen molar-refractivity contribution in [2.45, 2.75) is 20.4 Å². The van der Waals surface area contributed by atoms with Crippen molar-refractivity contribution in [3.63, 3.8) is 0 Å². The zero-order valence-electron chi connectivity index (χ0n) is 11.1. The smallest absolute Gasteiger partial charge is 0.105 e. The van der Waals surface area contributed by atoms with Crippen molar-refractivity contribution in [3.05, 3.63) is 47.4 Å². The second-order valence-electron chi connectivity index (χ2n) is 4.72. The highest BCUT2D eigenvalue weighted by molar-refractivity contribution is 5.91. The van der Waals surface area contributed by atoms with Gasteiger partial charge in [-0.3, -0.25) is 9.97 Å². The van der Waals surface area contributed by atoms with Gasteiger partial charge in [0.05, 0.1) is 23.8 Å². The number of para-hydroxylation sites is 1. The Morgan fingerprint density at radius 2 is 2.00 bits per heavy atom. The number of hydrogen-bond donors (Lipinski definition) is 2.